The van der Waals surface area contributed by atoms with Gasteiger partial charge >= 0.3 is 0 Å². The molecule has 3 aromatic rings. The first kappa shape index (κ1) is 19.8. The first-order valence-electron chi connectivity index (χ1n) is 9.17. The highest BCUT2D eigenvalue weighted by Crippen LogP contribution is 2.22. The Labute approximate surface area is 169 Å². The van der Waals surface area contributed by atoms with Gasteiger partial charge in [-0.3, -0.25) is 4.79 Å². The predicted octanol–water partition coefficient (Wildman–Crippen LogP) is 4.23. The van der Waals surface area contributed by atoms with Crippen molar-refractivity contribution >= 4 is 5.91 Å². The molecule has 0 atom stereocenters. The minimum Gasteiger partial charge on any atom is -0.385 e. The van der Waals surface area contributed by atoms with Crippen molar-refractivity contribution in [2.24, 2.45) is 0 Å². The van der Waals surface area contributed by atoms with Crippen molar-refractivity contribution < 1.29 is 9.18 Å². The van der Waals surface area contributed by atoms with E-state index in [1.807, 2.05) is 66.7 Å². The number of amides is 1. The summed E-state index contributed by atoms with van der Waals surface area (Å²) in [6.07, 6.45) is 1.31. The lowest BCUT2D eigenvalue weighted by molar-refractivity contribution is -0.117. The molecule has 3 rings (SSSR count). The average molecular weight is 385 g/mol. The van der Waals surface area contributed by atoms with Crippen molar-refractivity contribution in [3.63, 3.8) is 0 Å². The van der Waals surface area contributed by atoms with Gasteiger partial charge in [-0.15, -0.1) is 0 Å². The third-order valence-electron chi connectivity index (χ3n) is 4.40. The molecule has 0 saturated heterocycles. The molecule has 0 heterocycles. The zero-order valence-electron chi connectivity index (χ0n) is 15.7. The largest absolute Gasteiger partial charge is 0.385 e. The second kappa shape index (κ2) is 9.86. The van der Waals surface area contributed by atoms with Crippen molar-refractivity contribution in [3.05, 3.63) is 119 Å². The predicted molar refractivity (Wildman–Crippen MR) is 110 cm³/mol. The van der Waals surface area contributed by atoms with E-state index in [2.05, 4.69) is 10.6 Å². The number of nitriles is 1. The Morgan fingerprint density at radius 2 is 1.48 bits per heavy atom. The van der Waals surface area contributed by atoms with Gasteiger partial charge in [0.05, 0.1) is 6.04 Å². The molecule has 144 valence electrons. The minimum atomic E-state index is -0.508. The van der Waals surface area contributed by atoms with Crippen LogP contribution in [-0.4, -0.2) is 5.91 Å². The molecular weight excluding hydrogens is 365 g/mol. The summed E-state index contributed by atoms with van der Waals surface area (Å²) in [5, 5.41) is 15.2. The van der Waals surface area contributed by atoms with Crippen LogP contribution in [0.5, 0.6) is 0 Å². The monoisotopic (exact) mass is 385 g/mol. The Kier molecular flexibility index (Phi) is 6.75. The molecule has 0 bridgehead atoms. The molecule has 0 fully saturated rings. The van der Waals surface area contributed by atoms with Crippen molar-refractivity contribution in [1.29, 1.82) is 5.26 Å². The van der Waals surface area contributed by atoms with Crippen LogP contribution >= 0.6 is 0 Å². The van der Waals surface area contributed by atoms with Crippen LogP contribution in [0.3, 0.4) is 0 Å². The number of carbonyl (C=O) groups is 1. The van der Waals surface area contributed by atoms with Gasteiger partial charge in [0.15, 0.2) is 0 Å². The number of nitrogens with one attached hydrogen (secondary N) is 2. The third kappa shape index (κ3) is 5.30. The Balaban J connectivity index is 1.75. The minimum absolute atomic E-state index is 0.0850. The smallest absolute Gasteiger partial charge is 0.264 e. The molecule has 2 N–H and O–H groups in total. The lowest BCUT2D eigenvalue weighted by atomic mass is 9.98. The first-order valence-corrected chi connectivity index (χ1v) is 9.17. The molecule has 0 aromatic heterocycles. The molecule has 1 amide bonds. The molecule has 0 radical (unpaired) electrons. The van der Waals surface area contributed by atoms with Gasteiger partial charge < -0.3 is 10.6 Å². The third-order valence-corrected chi connectivity index (χ3v) is 4.40. The Morgan fingerprint density at radius 3 is 2.03 bits per heavy atom. The molecule has 0 saturated carbocycles. The average Bonchev–Trinajstić information content (AvgIpc) is 2.77. The van der Waals surface area contributed by atoms with E-state index in [4.69, 9.17) is 0 Å². The van der Waals surface area contributed by atoms with E-state index in [1.165, 1.54) is 12.3 Å². The van der Waals surface area contributed by atoms with E-state index in [-0.39, 0.29) is 17.9 Å². The van der Waals surface area contributed by atoms with Crippen LogP contribution in [0.1, 0.15) is 22.7 Å². The van der Waals surface area contributed by atoms with Crippen LogP contribution in [0.15, 0.2) is 96.7 Å². The van der Waals surface area contributed by atoms with Gasteiger partial charge in [-0.05, 0) is 17.2 Å². The molecule has 29 heavy (non-hydrogen) atoms. The first-order chi connectivity index (χ1) is 14.2. The van der Waals surface area contributed by atoms with Crippen molar-refractivity contribution in [2.75, 3.05) is 0 Å². The van der Waals surface area contributed by atoms with Gasteiger partial charge in [-0.2, -0.15) is 5.26 Å². The normalized spacial score (nSPS) is 11.0. The standard InChI is InChI=1S/C24H20FN3O/c25-22-14-8-7-13-20(22)16-27-17-21(15-26)24(29)28-23(18-9-3-1-4-10-18)19-11-5-2-6-12-19/h1-14,17,23,27H,16H2,(H,28,29)/b21-17-. The van der Waals surface area contributed by atoms with E-state index in [0.717, 1.165) is 11.1 Å². The molecule has 0 aliphatic carbocycles. The number of benzene rings is 3. The number of carbonyl (C=O) groups excluding carboxylic acids is 1. The van der Waals surface area contributed by atoms with E-state index in [1.54, 1.807) is 18.2 Å². The van der Waals surface area contributed by atoms with Crippen LogP contribution in [0.25, 0.3) is 0 Å². The maximum absolute atomic E-state index is 13.7. The highest BCUT2D eigenvalue weighted by Gasteiger charge is 2.19. The number of halogens is 1. The fourth-order valence-electron chi connectivity index (χ4n) is 2.91. The number of hydrogen-bond donors (Lipinski definition) is 2. The summed E-state index contributed by atoms with van der Waals surface area (Å²) in [7, 11) is 0. The number of hydrogen-bond acceptors (Lipinski definition) is 3. The fourth-order valence-corrected chi connectivity index (χ4v) is 2.91. The van der Waals surface area contributed by atoms with Crippen LogP contribution in [-0.2, 0) is 11.3 Å². The van der Waals surface area contributed by atoms with Crippen LogP contribution in [0, 0.1) is 17.1 Å². The van der Waals surface area contributed by atoms with Crippen LogP contribution < -0.4 is 10.6 Å². The second-order valence-electron chi connectivity index (χ2n) is 6.37. The molecule has 3 aromatic carbocycles. The van der Waals surface area contributed by atoms with E-state index < -0.39 is 11.9 Å². The van der Waals surface area contributed by atoms with Crippen molar-refractivity contribution in [1.82, 2.24) is 10.6 Å². The van der Waals surface area contributed by atoms with Crippen molar-refractivity contribution in [2.45, 2.75) is 12.6 Å². The highest BCUT2D eigenvalue weighted by molar-refractivity contribution is 5.97. The molecule has 0 spiro atoms. The maximum Gasteiger partial charge on any atom is 0.264 e. The Morgan fingerprint density at radius 1 is 0.931 bits per heavy atom. The lowest BCUT2D eigenvalue weighted by Gasteiger charge is -2.19. The van der Waals surface area contributed by atoms with Crippen LogP contribution in [0.4, 0.5) is 4.39 Å². The maximum atomic E-state index is 13.7. The summed E-state index contributed by atoms with van der Waals surface area (Å²) in [6, 6.07) is 26.9. The lowest BCUT2D eigenvalue weighted by Crippen LogP contribution is -2.30. The molecule has 4 nitrogen and oxygen atoms in total. The quantitative estimate of drug-likeness (QED) is 0.473. The molecule has 0 aliphatic heterocycles. The summed E-state index contributed by atoms with van der Waals surface area (Å²) in [5.74, 6) is -0.851. The van der Waals surface area contributed by atoms with Gasteiger partial charge in [-0.1, -0.05) is 78.9 Å². The van der Waals surface area contributed by atoms with Crippen molar-refractivity contribution in [3.8, 4) is 6.07 Å². The van der Waals surface area contributed by atoms with E-state index >= 15 is 0 Å². The SMILES string of the molecule is N#C/C(=C/NCc1ccccc1F)C(=O)NC(c1ccccc1)c1ccccc1. The zero-order valence-corrected chi connectivity index (χ0v) is 15.7. The topological polar surface area (TPSA) is 64.9 Å². The molecule has 0 aliphatic rings. The van der Waals surface area contributed by atoms with Gasteiger partial charge in [-0.25, -0.2) is 4.39 Å². The molecule has 0 unspecified atom stereocenters. The van der Waals surface area contributed by atoms with E-state index in [9.17, 15) is 14.4 Å². The summed E-state index contributed by atoms with van der Waals surface area (Å²) in [4.78, 5) is 12.7. The number of nitrogens with zero attached hydrogens (tertiary/aromatic N) is 1. The number of rotatable bonds is 7. The van der Waals surface area contributed by atoms with Gasteiger partial charge in [0.25, 0.3) is 5.91 Å². The van der Waals surface area contributed by atoms with Crippen LogP contribution in [0.2, 0.25) is 0 Å². The summed E-state index contributed by atoms with van der Waals surface area (Å²) in [5.41, 5.74) is 2.18. The summed E-state index contributed by atoms with van der Waals surface area (Å²) >= 11 is 0. The molecular formula is C24H20FN3O. The van der Waals surface area contributed by atoms with Gasteiger partial charge in [0.1, 0.15) is 17.5 Å². The second-order valence-corrected chi connectivity index (χ2v) is 6.37. The summed E-state index contributed by atoms with van der Waals surface area (Å²) < 4.78 is 13.7. The van der Waals surface area contributed by atoms with E-state index in [0.29, 0.717) is 5.56 Å². The zero-order chi connectivity index (χ0) is 20.5. The Bertz CT molecular complexity index is 987. The highest BCUT2D eigenvalue weighted by atomic mass is 19.1. The fraction of sp³-hybridized carbons (Fsp3) is 0.0833. The van der Waals surface area contributed by atoms with Gasteiger partial charge in [0, 0.05) is 18.3 Å². The van der Waals surface area contributed by atoms with Gasteiger partial charge in [0.2, 0.25) is 0 Å². The Hall–Kier alpha value is -3.91. The summed E-state index contributed by atoms with van der Waals surface area (Å²) in [6.45, 7) is 0.173. The molecule has 5 heteroatoms.